The number of nitrogens with one attached hydrogen (secondary N) is 2. The summed E-state index contributed by atoms with van der Waals surface area (Å²) in [6.45, 7) is 6.90. The van der Waals surface area contributed by atoms with Gasteiger partial charge in [0, 0.05) is 18.3 Å². The molecule has 0 heterocycles. The van der Waals surface area contributed by atoms with E-state index in [9.17, 15) is 4.79 Å². The number of benzene rings is 1. The van der Waals surface area contributed by atoms with Gasteiger partial charge in [-0.3, -0.25) is 0 Å². The minimum atomic E-state index is -0.172. The molecule has 0 fully saturated rings. The van der Waals surface area contributed by atoms with Crippen LogP contribution < -0.4 is 15.4 Å². The summed E-state index contributed by atoms with van der Waals surface area (Å²) in [6.07, 6.45) is 3.19. The largest absolute Gasteiger partial charge is 0.491 e. The van der Waals surface area contributed by atoms with Crippen LogP contribution in [0, 0.1) is 0 Å². The Morgan fingerprint density at radius 3 is 2.84 bits per heavy atom. The minimum absolute atomic E-state index is 0.172. The molecule has 19 heavy (non-hydrogen) atoms. The van der Waals surface area contributed by atoms with E-state index in [-0.39, 0.29) is 12.1 Å². The molecule has 0 saturated carbocycles. The highest BCUT2D eigenvalue weighted by Gasteiger charge is 2.04. The van der Waals surface area contributed by atoms with Crippen LogP contribution in [0.5, 0.6) is 5.75 Å². The molecular formula is C15H24N2O2. The van der Waals surface area contributed by atoms with Crippen LogP contribution in [0.25, 0.3) is 0 Å². The molecule has 1 atom stereocenters. The van der Waals surface area contributed by atoms with Crippen LogP contribution in [0.2, 0.25) is 0 Å². The van der Waals surface area contributed by atoms with Crippen LogP contribution in [0.15, 0.2) is 24.3 Å². The lowest BCUT2D eigenvalue weighted by Gasteiger charge is -2.13. The maximum absolute atomic E-state index is 11.6. The van der Waals surface area contributed by atoms with Crippen molar-refractivity contribution in [2.75, 3.05) is 11.9 Å². The maximum atomic E-state index is 11.6. The highest BCUT2D eigenvalue weighted by molar-refractivity contribution is 5.89. The number of hydrogen-bond acceptors (Lipinski definition) is 2. The molecule has 0 saturated heterocycles. The monoisotopic (exact) mass is 264 g/mol. The number of rotatable bonds is 7. The van der Waals surface area contributed by atoms with Gasteiger partial charge < -0.3 is 15.4 Å². The molecule has 106 valence electrons. The first-order valence-electron chi connectivity index (χ1n) is 6.97. The summed E-state index contributed by atoms with van der Waals surface area (Å²) in [4.78, 5) is 11.6. The molecule has 0 aliphatic carbocycles. The van der Waals surface area contributed by atoms with Crippen molar-refractivity contribution in [1.29, 1.82) is 0 Å². The van der Waals surface area contributed by atoms with Gasteiger partial charge in [-0.15, -0.1) is 0 Å². The zero-order valence-electron chi connectivity index (χ0n) is 12.0. The zero-order chi connectivity index (χ0) is 14.1. The Morgan fingerprint density at radius 2 is 2.16 bits per heavy atom. The quantitative estimate of drug-likeness (QED) is 0.736. The summed E-state index contributed by atoms with van der Waals surface area (Å²) in [5, 5.41) is 5.62. The van der Waals surface area contributed by atoms with Crippen LogP contribution in [0.3, 0.4) is 0 Å². The van der Waals surface area contributed by atoms with Crippen molar-refractivity contribution in [2.24, 2.45) is 0 Å². The SMILES string of the molecule is CCCCNC(=O)Nc1cccc(OC(C)CC)c1. The fraction of sp³-hybridized carbons (Fsp3) is 0.533. The number of carbonyl (C=O) groups is 1. The summed E-state index contributed by atoms with van der Waals surface area (Å²) in [6, 6.07) is 7.29. The normalized spacial score (nSPS) is 11.7. The van der Waals surface area contributed by atoms with E-state index in [0.29, 0.717) is 6.54 Å². The van der Waals surface area contributed by atoms with Crippen molar-refractivity contribution >= 4 is 11.7 Å². The third-order valence-electron chi connectivity index (χ3n) is 2.82. The van der Waals surface area contributed by atoms with Crippen LogP contribution >= 0.6 is 0 Å². The Hall–Kier alpha value is -1.71. The second-order valence-electron chi connectivity index (χ2n) is 4.60. The second-order valence-corrected chi connectivity index (χ2v) is 4.60. The van der Waals surface area contributed by atoms with E-state index >= 15 is 0 Å². The lowest BCUT2D eigenvalue weighted by atomic mass is 10.3. The smallest absolute Gasteiger partial charge is 0.319 e. The molecule has 1 unspecified atom stereocenters. The Bertz CT molecular complexity index is 393. The van der Waals surface area contributed by atoms with E-state index in [4.69, 9.17) is 4.74 Å². The number of amides is 2. The zero-order valence-corrected chi connectivity index (χ0v) is 12.0. The van der Waals surface area contributed by atoms with E-state index in [0.717, 1.165) is 30.7 Å². The number of anilines is 1. The number of urea groups is 1. The van der Waals surface area contributed by atoms with E-state index in [2.05, 4.69) is 24.5 Å². The van der Waals surface area contributed by atoms with Gasteiger partial charge in [0.05, 0.1) is 6.10 Å². The van der Waals surface area contributed by atoms with Gasteiger partial charge >= 0.3 is 6.03 Å². The summed E-state index contributed by atoms with van der Waals surface area (Å²) >= 11 is 0. The van der Waals surface area contributed by atoms with Gasteiger partial charge in [-0.2, -0.15) is 0 Å². The van der Waals surface area contributed by atoms with Gasteiger partial charge in [-0.1, -0.05) is 26.3 Å². The summed E-state index contributed by atoms with van der Waals surface area (Å²) < 4.78 is 5.71. The third kappa shape index (κ3) is 6.13. The summed E-state index contributed by atoms with van der Waals surface area (Å²) in [7, 11) is 0. The lowest BCUT2D eigenvalue weighted by molar-refractivity contribution is 0.217. The molecule has 4 nitrogen and oxygen atoms in total. The Balaban J connectivity index is 2.49. The molecule has 2 N–H and O–H groups in total. The predicted octanol–water partition coefficient (Wildman–Crippen LogP) is 3.79. The maximum Gasteiger partial charge on any atom is 0.319 e. The molecule has 2 amide bonds. The van der Waals surface area contributed by atoms with Crippen molar-refractivity contribution in [3.05, 3.63) is 24.3 Å². The first-order chi connectivity index (χ1) is 9.15. The summed E-state index contributed by atoms with van der Waals surface area (Å²) in [5.74, 6) is 0.778. The first kappa shape index (κ1) is 15.3. The van der Waals surface area contributed by atoms with Crippen LogP contribution in [-0.4, -0.2) is 18.7 Å². The van der Waals surface area contributed by atoms with Crippen molar-refractivity contribution in [1.82, 2.24) is 5.32 Å². The third-order valence-corrected chi connectivity index (χ3v) is 2.82. The van der Waals surface area contributed by atoms with Gasteiger partial charge in [0.15, 0.2) is 0 Å². The molecule has 0 bridgehead atoms. The predicted molar refractivity (Wildman–Crippen MR) is 78.8 cm³/mol. The van der Waals surface area contributed by atoms with Crippen molar-refractivity contribution in [3.8, 4) is 5.75 Å². The average molecular weight is 264 g/mol. The minimum Gasteiger partial charge on any atom is -0.491 e. The van der Waals surface area contributed by atoms with E-state index < -0.39 is 0 Å². The number of unbranched alkanes of at least 4 members (excludes halogenated alkanes) is 1. The van der Waals surface area contributed by atoms with Crippen LogP contribution in [-0.2, 0) is 0 Å². The van der Waals surface area contributed by atoms with E-state index in [1.807, 2.05) is 31.2 Å². The molecule has 0 aliphatic rings. The molecule has 4 heteroatoms. The molecule has 1 rings (SSSR count). The van der Waals surface area contributed by atoms with Crippen molar-refractivity contribution in [2.45, 2.75) is 46.1 Å². The van der Waals surface area contributed by atoms with Gasteiger partial charge in [0.25, 0.3) is 0 Å². The standard InChI is InChI=1S/C15H24N2O2/c1-4-6-10-16-15(18)17-13-8-7-9-14(11-13)19-12(3)5-2/h7-9,11-12H,4-6,10H2,1-3H3,(H2,16,17,18). The second kappa shape index (κ2) is 8.40. The molecular weight excluding hydrogens is 240 g/mol. The van der Waals surface area contributed by atoms with Crippen LogP contribution in [0.1, 0.15) is 40.0 Å². The average Bonchev–Trinajstić information content (AvgIpc) is 2.39. The Kier molecular flexibility index (Phi) is 6.79. The topological polar surface area (TPSA) is 50.4 Å². The molecule has 1 aromatic rings. The van der Waals surface area contributed by atoms with Gasteiger partial charge in [0.1, 0.15) is 5.75 Å². The van der Waals surface area contributed by atoms with E-state index in [1.54, 1.807) is 0 Å². The number of carbonyl (C=O) groups excluding carboxylic acids is 1. The Morgan fingerprint density at radius 1 is 1.37 bits per heavy atom. The Labute approximate surface area is 115 Å². The highest BCUT2D eigenvalue weighted by atomic mass is 16.5. The fourth-order valence-corrected chi connectivity index (χ4v) is 1.52. The fourth-order valence-electron chi connectivity index (χ4n) is 1.52. The number of ether oxygens (including phenoxy) is 1. The van der Waals surface area contributed by atoms with Gasteiger partial charge in [-0.05, 0) is 31.9 Å². The van der Waals surface area contributed by atoms with Crippen molar-refractivity contribution < 1.29 is 9.53 Å². The van der Waals surface area contributed by atoms with E-state index in [1.165, 1.54) is 0 Å². The highest BCUT2D eigenvalue weighted by Crippen LogP contribution is 2.19. The molecule has 0 radical (unpaired) electrons. The van der Waals surface area contributed by atoms with Crippen LogP contribution in [0.4, 0.5) is 10.5 Å². The van der Waals surface area contributed by atoms with Crippen molar-refractivity contribution in [3.63, 3.8) is 0 Å². The molecule has 0 aromatic heterocycles. The molecule has 1 aromatic carbocycles. The van der Waals surface area contributed by atoms with Gasteiger partial charge in [-0.25, -0.2) is 4.79 Å². The summed E-state index contributed by atoms with van der Waals surface area (Å²) in [5.41, 5.74) is 0.745. The van der Waals surface area contributed by atoms with Gasteiger partial charge in [0.2, 0.25) is 0 Å². The molecule has 0 aliphatic heterocycles. The first-order valence-corrected chi connectivity index (χ1v) is 6.97. The number of hydrogen-bond donors (Lipinski definition) is 2. The molecule has 0 spiro atoms. The lowest BCUT2D eigenvalue weighted by Crippen LogP contribution is -2.29.